The van der Waals surface area contributed by atoms with E-state index in [0.717, 1.165) is 40.4 Å². The first kappa shape index (κ1) is 19.1. The van der Waals surface area contributed by atoms with Crippen LogP contribution in [0.5, 0.6) is 5.75 Å². The highest BCUT2D eigenvalue weighted by molar-refractivity contribution is 7.09. The lowest BCUT2D eigenvalue weighted by Crippen LogP contribution is -2.00. The van der Waals surface area contributed by atoms with E-state index in [4.69, 9.17) is 4.74 Å². The van der Waals surface area contributed by atoms with E-state index in [1.807, 2.05) is 24.3 Å². The number of carbonyl (C=O) groups is 1. The summed E-state index contributed by atoms with van der Waals surface area (Å²) in [6.45, 7) is 2.52. The molecule has 0 saturated heterocycles. The molecule has 0 fully saturated rings. The predicted octanol–water partition coefficient (Wildman–Crippen LogP) is 5.19. The molecule has 0 saturated carbocycles. The minimum Gasteiger partial charge on any atom is -0.486 e. The molecule has 0 atom stereocenters. The summed E-state index contributed by atoms with van der Waals surface area (Å²) in [6.07, 6.45) is 2.02. The third kappa shape index (κ3) is 5.66. The molecule has 0 unspecified atom stereocenters. The standard InChI is InChI=1S/C22H23NO3S/c1-16-9-11-18(12-10-16)20-15-27-21(23-20)14-26-19-7-3-5-17(13-19)6-4-8-22(24)25-2/h3,5,7,9-13,15H,4,6,8,14H2,1-2H3. The van der Waals surface area contributed by atoms with Gasteiger partial charge in [0.15, 0.2) is 0 Å². The van der Waals surface area contributed by atoms with Crippen molar-refractivity contribution in [2.45, 2.75) is 32.8 Å². The highest BCUT2D eigenvalue weighted by Crippen LogP contribution is 2.24. The second-order valence-electron chi connectivity index (χ2n) is 6.36. The topological polar surface area (TPSA) is 48.4 Å². The van der Waals surface area contributed by atoms with Crippen LogP contribution in [0.25, 0.3) is 11.3 Å². The quantitative estimate of drug-likeness (QED) is 0.504. The van der Waals surface area contributed by atoms with Crippen LogP contribution in [0.15, 0.2) is 53.9 Å². The smallest absolute Gasteiger partial charge is 0.305 e. The SMILES string of the molecule is COC(=O)CCCc1cccc(OCc2nc(-c3ccc(C)cc3)cs2)c1. The van der Waals surface area contributed by atoms with E-state index in [-0.39, 0.29) is 5.97 Å². The number of hydrogen-bond donors (Lipinski definition) is 0. The van der Waals surface area contributed by atoms with Crippen LogP contribution >= 0.6 is 11.3 Å². The molecule has 4 nitrogen and oxygen atoms in total. The summed E-state index contributed by atoms with van der Waals surface area (Å²) in [5.74, 6) is 0.646. The number of aromatic nitrogens is 1. The molecule has 0 N–H and O–H groups in total. The Hall–Kier alpha value is -2.66. The molecule has 0 radical (unpaired) electrons. The summed E-state index contributed by atoms with van der Waals surface area (Å²) in [6, 6.07) is 16.3. The number of thiazole rings is 1. The van der Waals surface area contributed by atoms with Gasteiger partial charge in [0, 0.05) is 17.4 Å². The van der Waals surface area contributed by atoms with Crippen molar-refractivity contribution in [2.75, 3.05) is 7.11 Å². The third-order valence-corrected chi connectivity index (χ3v) is 5.06. The molecule has 1 heterocycles. The van der Waals surface area contributed by atoms with Crippen LogP contribution in [0.4, 0.5) is 0 Å². The van der Waals surface area contributed by atoms with Gasteiger partial charge < -0.3 is 9.47 Å². The number of esters is 1. The molecule has 5 heteroatoms. The number of hydrogen-bond acceptors (Lipinski definition) is 5. The van der Waals surface area contributed by atoms with Crippen LogP contribution in [0, 0.1) is 6.92 Å². The molecule has 140 valence electrons. The first-order valence-electron chi connectivity index (χ1n) is 8.94. The van der Waals surface area contributed by atoms with Gasteiger partial charge in [0.05, 0.1) is 12.8 Å². The van der Waals surface area contributed by atoms with E-state index in [1.54, 1.807) is 11.3 Å². The predicted molar refractivity (Wildman–Crippen MR) is 108 cm³/mol. The van der Waals surface area contributed by atoms with Crippen LogP contribution in [0.2, 0.25) is 0 Å². The van der Waals surface area contributed by atoms with E-state index in [0.29, 0.717) is 13.0 Å². The van der Waals surface area contributed by atoms with E-state index in [2.05, 4.69) is 46.3 Å². The largest absolute Gasteiger partial charge is 0.486 e. The normalized spacial score (nSPS) is 10.6. The Bertz CT molecular complexity index is 887. The summed E-state index contributed by atoms with van der Waals surface area (Å²) in [7, 11) is 1.42. The molecular weight excluding hydrogens is 358 g/mol. The summed E-state index contributed by atoms with van der Waals surface area (Å²) < 4.78 is 10.6. The van der Waals surface area contributed by atoms with Crippen molar-refractivity contribution in [2.24, 2.45) is 0 Å². The van der Waals surface area contributed by atoms with Crippen molar-refractivity contribution in [3.05, 3.63) is 70.0 Å². The molecule has 0 aliphatic carbocycles. The zero-order chi connectivity index (χ0) is 19.1. The Labute approximate surface area is 163 Å². The highest BCUT2D eigenvalue weighted by Gasteiger charge is 2.06. The Morgan fingerprint density at radius 1 is 1.15 bits per heavy atom. The molecule has 3 aromatic rings. The number of ether oxygens (including phenoxy) is 2. The highest BCUT2D eigenvalue weighted by atomic mass is 32.1. The van der Waals surface area contributed by atoms with Crippen molar-refractivity contribution < 1.29 is 14.3 Å². The lowest BCUT2D eigenvalue weighted by Gasteiger charge is -2.07. The molecule has 0 amide bonds. The molecule has 3 rings (SSSR count). The second kappa shape index (κ2) is 9.33. The fourth-order valence-corrected chi connectivity index (χ4v) is 3.42. The number of nitrogens with zero attached hydrogens (tertiary/aromatic N) is 1. The first-order chi connectivity index (χ1) is 13.1. The average Bonchev–Trinajstić information content (AvgIpc) is 3.16. The van der Waals surface area contributed by atoms with Crippen LogP contribution in [-0.2, 0) is 22.6 Å². The maximum absolute atomic E-state index is 11.2. The van der Waals surface area contributed by atoms with Gasteiger partial charge in [-0.25, -0.2) is 4.98 Å². The Balaban J connectivity index is 1.55. The van der Waals surface area contributed by atoms with Gasteiger partial charge in [-0.15, -0.1) is 11.3 Å². The molecule has 0 aliphatic rings. The average molecular weight is 381 g/mol. The molecule has 1 aromatic heterocycles. The fraction of sp³-hybridized carbons (Fsp3) is 0.273. The van der Waals surface area contributed by atoms with Crippen LogP contribution < -0.4 is 4.74 Å². The summed E-state index contributed by atoms with van der Waals surface area (Å²) >= 11 is 1.60. The third-order valence-electron chi connectivity index (χ3n) is 4.23. The number of rotatable bonds is 8. The minimum atomic E-state index is -0.171. The molecule has 0 aliphatic heterocycles. The zero-order valence-corrected chi connectivity index (χ0v) is 16.4. The molecule has 0 spiro atoms. The number of carbonyl (C=O) groups excluding carboxylic acids is 1. The number of methoxy groups -OCH3 is 1. The van der Waals surface area contributed by atoms with Crippen LogP contribution in [-0.4, -0.2) is 18.1 Å². The van der Waals surface area contributed by atoms with Gasteiger partial charge in [0.2, 0.25) is 0 Å². The van der Waals surface area contributed by atoms with E-state index < -0.39 is 0 Å². The van der Waals surface area contributed by atoms with Gasteiger partial charge in [-0.2, -0.15) is 0 Å². The van der Waals surface area contributed by atoms with Gasteiger partial charge in [-0.3, -0.25) is 4.79 Å². The van der Waals surface area contributed by atoms with Crippen molar-refractivity contribution >= 4 is 17.3 Å². The van der Waals surface area contributed by atoms with Crippen LogP contribution in [0.3, 0.4) is 0 Å². The fourth-order valence-electron chi connectivity index (χ4n) is 2.71. The van der Waals surface area contributed by atoms with Crippen molar-refractivity contribution in [3.8, 4) is 17.0 Å². The first-order valence-corrected chi connectivity index (χ1v) is 9.82. The van der Waals surface area contributed by atoms with E-state index in [1.165, 1.54) is 12.7 Å². The molecule has 27 heavy (non-hydrogen) atoms. The molecular formula is C22H23NO3S. The molecule has 2 aromatic carbocycles. The van der Waals surface area contributed by atoms with Crippen molar-refractivity contribution in [1.82, 2.24) is 4.98 Å². The van der Waals surface area contributed by atoms with Gasteiger partial charge in [-0.1, -0.05) is 42.0 Å². The lowest BCUT2D eigenvalue weighted by atomic mass is 10.1. The maximum atomic E-state index is 11.2. The van der Waals surface area contributed by atoms with Crippen molar-refractivity contribution in [1.29, 1.82) is 0 Å². The minimum absolute atomic E-state index is 0.171. The summed E-state index contributed by atoms with van der Waals surface area (Å²) in [5, 5.41) is 3.01. The Morgan fingerprint density at radius 2 is 1.96 bits per heavy atom. The van der Waals surface area contributed by atoms with Gasteiger partial charge in [0.1, 0.15) is 17.4 Å². The number of benzene rings is 2. The maximum Gasteiger partial charge on any atom is 0.305 e. The lowest BCUT2D eigenvalue weighted by molar-refractivity contribution is -0.140. The number of aryl methyl sites for hydroxylation is 2. The Kier molecular flexibility index (Phi) is 6.60. The van der Waals surface area contributed by atoms with E-state index in [9.17, 15) is 4.79 Å². The van der Waals surface area contributed by atoms with Gasteiger partial charge >= 0.3 is 5.97 Å². The summed E-state index contributed by atoms with van der Waals surface area (Å²) in [4.78, 5) is 15.9. The van der Waals surface area contributed by atoms with Gasteiger partial charge in [-0.05, 0) is 37.5 Å². The summed E-state index contributed by atoms with van der Waals surface area (Å²) in [5.41, 5.74) is 4.49. The van der Waals surface area contributed by atoms with Crippen LogP contribution in [0.1, 0.15) is 29.0 Å². The molecule has 0 bridgehead atoms. The van der Waals surface area contributed by atoms with Crippen molar-refractivity contribution in [3.63, 3.8) is 0 Å². The zero-order valence-electron chi connectivity index (χ0n) is 15.6. The monoisotopic (exact) mass is 381 g/mol. The van der Waals surface area contributed by atoms with E-state index >= 15 is 0 Å². The van der Waals surface area contributed by atoms with Gasteiger partial charge in [0.25, 0.3) is 0 Å². The Morgan fingerprint density at radius 3 is 2.74 bits per heavy atom. The second-order valence-corrected chi connectivity index (χ2v) is 7.30.